The average molecular weight is 458 g/mol. The van der Waals surface area contributed by atoms with Crippen molar-refractivity contribution < 1.29 is 9.59 Å². The van der Waals surface area contributed by atoms with E-state index in [4.69, 9.17) is 4.98 Å². The van der Waals surface area contributed by atoms with Gasteiger partial charge in [-0.1, -0.05) is 47.6 Å². The summed E-state index contributed by atoms with van der Waals surface area (Å²) in [4.78, 5) is 33.2. The van der Waals surface area contributed by atoms with Crippen LogP contribution >= 0.6 is 0 Å². The number of aromatic nitrogens is 2. The number of imidazole rings is 1. The third kappa shape index (κ3) is 5.68. The lowest BCUT2D eigenvalue weighted by atomic mass is 9.73. The zero-order valence-electron chi connectivity index (χ0n) is 21.8. The molecule has 0 saturated heterocycles. The molecule has 0 spiro atoms. The Balaban J connectivity index is 1.98. The van der Waals surface area contributed by atoms with Crippen LogP contribution in [-0.4, -0.2) is 52.9 Å². The second-order valence-corrected chi connectivity index (χ2v) is 11.9. The van der Waals surface area contributed by atoms with Gasteiger partial charge in [-0.2, -0.15) is 0 Å². The number of amides is 2. The van der Waals surface area contributed by atoms with Crippen LogP contribution in [0.1, 0.15) is 89.2 Å². The zero-order chi connectivity index (χ0) is 24.6. The van der Waals surface area contributed by atoms with Gasteiger partial charge < -0.3 is 20.1 Å². The van der Waals surface area contributed by atoms with Gasteiger partial charge in [0.25, 0.3) is 5.91 Å². The molecule has 2 unspecified atom stereocenters. The largest absolute Gasteiger partial charge is 0.357 e. The highest BCUT2D eigenvalue weighted by Gasteiger charge is 2.35. The molecule has 2 atom stereocenters. The SMILES string of the molecule is CNC(=O)C(NC(=O)c1nc(C2=CCC(C(C)(C)C)CC2)n2c1CN(C)CCC2)C(C)(C)C. The van der Waals surface area contributed by atoms with E-state index in [-0.39, 0.29) is 11.8 Å². The van der Waals surface area contributed by atoms with Crippen molar-refractivity contribution in [2.24, 2.45) is 16.7 Å². The fourth-order valence-corrected chi connectivity index (χ4v) is 4.99. The molecule has 0 fully saturated rings. The quantitative estimate of drug-likeness (QED) is 0.720. The molecule has 3 rings (SSSR count). The van der Waals surface area contributed by atoms with Gasteiger partial charge in [-0.05, 0) is 61.6 Å². The van der Waals surface area contributed by atoms with Crippen molar-refractivity contribution in [3.63, 3.8) is 0 Å². The standard InChI is InChI=1S/C26H43N5O2/c1-25(2,3)18-12-10-17(11-13-18)22-28-20(19-16-30(8)14-9-15-31(19)22)23(32)29-21(24(33)27-7)26(4,5)6/h10,18,21H,9,11-16H2,1-8H3,(H,27,33)(H,29,32). The molecule has 2 aliphatic rings. The van der Waals surface area contributed by atoms with E-state index in [0.29, 0.717) is 23.6 Å². The van der Waals surface area contributed by atoms with Crippen LogP contribution in [-0.2, 0) is 17.9 Å². The molecule has 7 nitrogen and oxygen atoms in total. The number of nitrogens with zero attached hydrogens (tertiary/aromatic N) is 3. The topological polar surface area (TPSA) is 79.3 Å². The molecule has 1 aliphatic carbocycles. The van der Waals surface area contributed by atoms with Crippen molar-refractivity contribution in [2.45, 2.75) is 86.4 Å². The predicted octanol–water partition coefficient (Wildman–Crippen LogP) is 3.84. The number of likely N-dealkylation sites (N-methyl/N-ethyl adjacent to an activating group) is 1. The van der Waals surface area contributed by atoms with Crippen LogP contribution in [0.5, 0.6) is 0 Å². The van der Waals surface area contributed by atoms with Crippen molar-refractivity contribution in [3.05, 3.63) is 23.3 Å². The van der Waals surface area contributed by atoms with E-state index in [1.165, 1.54) is 5.57 Å². The summed E-state index contributed by atoms with van der Waals surface area (Å²) in [5, 5.41) is 5.67. The van der Waals surface area contributed by atoms with E-state index in [0.717, 1.165) is 50.3 Å². The summed E-state index contributed by atoms with van der Waals surface area (Å²) in [6, 6.07) is -0.638. The van der Waals surface area contributed by atoms with E-state index in [1.807, 2.05) is 20.8 Å². The molecule has 0 radical (unpaired) electrons. The van der Waals surface area contributed by atoms with Gasteiger partial charge >= 0.3 is 0 Å². The third-order valence-corrected chi connectivity index (χ3v) is 7.20. The number of fused-ring (bicyclic) bond motifs is 1. The minimum Gasteiger partial charge on any atom is -0.357 e. The van der Waals surface area contributed by atoms with Gasteiger partial charge in [-0.25, -0.2) is 4.98 Å². The summed E-state index contributed by atoms with van der Waals surface area (Å²) >= 11 is 0. The number of carbonyl (C=O) groups is 2. The fraction of sp³-hybridized carbons (Fsp3) is 0.731. The zero-order valence-corrected chi connectivity index (χ0v) is 21.8. The molecule has 2 N–H and O–H groups in total. The van der Waals surface area contributed by atoms with E-state index in [9.17, 15) is 9.59 Å². The Morgan fingerprint density at radius 2 is 1.85 bits per heavy atom. The van der Waals surface area contributed by atoms with Gasteiger partial charge in [0.05, 0.1) is 5.69 Å². The van der Waals surface area contributed by atoms with Crippen LogP contribution in [0.3, 0.4) is 0 Å². The van der Waals surface area contributed by atoms with Crippen LogP contribution in [0.25, 0.3) is 5.57 Å². The first kappa shape index (κ1) is 25.5. The highest BCUT2D eigenvalue weighted by atomic mass is 16.2. The van der Waals surface area contributed by atoms with Gasteiger partial charge in [-0.3, -0.25) is 9.59 Å². The third-order valence-electron chi connectivity index (χ3n) is 7.20. The number of rotatable bonds is 4. The van der Waals surface area contributed by atoms with E-state index in [1.54, 1.807) is 7.05 Å². The first-order valence-electron chi connectivity index (χ1n) is 12.3. The predicted molar refractivity (Wildman–Crippen MR) is 133 cm³/mol. The number of nitrogens with one attached hydrogen (secondary N) is 2. The molecule has 33 heavy (non-hydrogen) atoms. The molecule has 1 aliphatic heterocycles. The van der Waals surface area contributed by atoms with E-state index < -0.39 is 11.5 Å². The minimum absolute atomic E-state index is 0.193. The summed E-state index contributed by atoms with van der Waals surface area (Å²) in [5.41, 5.74) is 2.53. The smallest absolute Gasteiger partial charge is 0.272 e. The molecular weight excluding hydrogens is 414 g/mol. The summed E-state index contributed by atoms with van der Waals surface area (Å²) in [5.74, 6) is 1.13. The van der Waals surface area contributed by atoms with E-state index >= 15 is 0 Å². The number of hydrogen-bond donors (Lipinski definition) is 2. The first-order valence-corrected chi connectivity index (χ1v) is 12.3. The van der Waals surface area contributed by atoms with Crippen LogP contribution in [0.4, 0.5) is 0 Å². The molecule has 0 saturated carbocycles. The number of allylic oxidation sites excluding steroid dienone is 2. The van der Waals surface area contributed by atoms with Gasteiger partial charge in [-0.15, -0.1) is 0 Å². The summed E-state index contributed by atoms with van der Waals surface area (Å²) < 4.78 is 2.26. The molecule has 7 heteroatoms. The van der Waals surface area contributed by atoms with Crippen LogP contribution < -0.4 is 10.6 Å². The maximum atomic E-state index is 13.5. The van der Waals surface area contributed by atoms with Crippen LogP contribution in [0.15, 0.2) is 6.08 Å². The highest BCUT2D eigenvalue weighted by molar-refractivity contribution is 5.97. The lowest BCUT2D eigenvalue weighted by molar-refractivity contribution is -0.124. The highest BCUT2D eigenvalue weighted by Crippen LogP contribution is 2.40. The van der Waals surface area contributed by atoms with Crippen molar-refractivity contribution in [2.75, 3.05) is 20.6 Å². The Bertz CT molecular complexity index is 916. The van der Waals surface area contributed by atoms with Gasteiger partial charge in [0.2, 0.25) is 5.91 Å². The number of hydrogen-bond acceptors (Lipinski definition) is 4. The van der Waals surface area contributed by atoms with Crippen molar-refractivity contribution >= 4 is 17.4 Å². The lowest BCUT2D eigenvalue weighted by Gasteiger charge is -2.33. The normalized spacial score (nSPS) is 21.0. The Morgan fingerprint density at radius 3 is 2.39 bits per heavy atom. The molecule has 0 bridgehead atoms. The maximum absolute atomic E-state index is 13.5. The first-order chi connectivity index (χ1) is 15.3. The van der Waals surface area contributed by atoms with Crippen molar-refractivity contribution in [1.82, 2.24) is 25.1 Å². The number of carbonyl (C=O) groups excluding carboxylic acids is 2. The molecule has 0 aromatic carbocycles. The maximum Gasteiger partial charge on any atom is 0.272 e. The van der Waals surface area contributed by atoms with Gasteiger partial charge in [0.1, 0.15) is 11.9 Å². The Morgan fingerprint density at radius 1 is 1.15 bits per heavy atom. The van der Waals surface area contributed by atoms with Crippen molar-refractivity contribution in [1.29, 1.82) is 0 Å². The van der Waals surface area contributed by atoms with Crippen LogP contribution in [0.2, 0.25) is 0 Å². The van der Waals surface area contributed by atoms with E-state index in [2.05, 4.69) is 54.0 Å². The average Bonchev–Trinajstić information content (AvgIpc) is 2.96. The molecule has 1 aromatic rings. The van der Waals surface area contributed by atoms with Crippen molar-refractivity contribution in [3.8, 4) is 0 Å². The van der Waals surface area contributed by atoms with Gasteiger partial charge in [0, 0.05) is 20.1 Å². The second-order valence-electron chi connectivity index (χ2n) is 11.9. The van der Waals surface area contributed by atoms with Crippen LogP contribution in [0, 0.1) is 16.7 Å². The monoisotopic (exact) mass is 457 g/mol. The molecule has 184 valence electrons. The Hall–Kier alpha value is -2.15. The summed E-state index contributed by atoms with van der Waals surface area (Å²) in [6.45, 7) is 15.3. The fourth-order valence-electron chi connectivity index (χ4n) is 4.99. The Labute approximate surface area is 199 Å². The molecular formula is C26H43N5O2. The Kier molecular flexibility index (Phi) is 7.42. The molecule has 1 aromatic heterocycles. The summed E-state index contributed by atoms with van der Waals surface area (Å²) in [7, 11) is 3.68. The lowest BCUT2D eigenvalue weighted by Crippen LogP contribution is -2.53. The summed E-state index contributed by atoms with van der Waals surface area (Å²) in [6.07, 6.45) is 6.54. The second kappa shape index (κ2) is 9.61. The minimum atomic E-state index is -0.638. The molecule has 2 heterocycles. The van der Waals surface area contributed by atoms with Gasteiger partial charge in [0.15, 0.2) is 5.69 Å². The molecule has 2 amide bonds.